The van der Waals surface area contributed by atoms with Gasteiger partial charge in [-0.25, -0.2) is 13.5 Å². The Labute approximate surface area is 193 Å². The van der Waals surface area contributed by atoms with Crippen LogP contribution in [-0.4, -0.2) is 23.3 Å². The maximum atomic E-state index is 14.8. The third-order valence-electron chi connectivity index (χ3n) is 4.83. The minimum atomic E-state index is -4.45. The first-order valence-corrected chi connectivity index (χ1v) is 11.1. The molecule has 0 aliphatic carbocycles. The summed E-state index contributed by atoms with van der Waals surface area (Å²) in [6.07, 6.45) is 2.68. The van der Waals surface area contributed by atoms with Crippen molar-refractivity contribution in [2.75, 3.05) is 5.01 Å². The lowest BCUT2D eigenvalue weighted by molar-refractivity contribution is 0.476. The lowest BCUT2D eigenvalue weighted by atomic mass is 9.99. The van der Waals surface area contributed by atoms with E-state index in [0.717, 1.165) is 17.7 Å². The molecule has 34 heavy (non-hydrogen) atoms. The van der Waals surface area contributed by atoms with Gasteiger partial charge in [0.2, 0.25) is 0 Å². The van der Waals surface area contributed by atoms with Gasteiger partial charge in [0.15, 0.2) is 0 Å². The molecule has 0 radical (unpaired) electrons. The van der Waals surface area contributed by atoms with Crippen LogP contribution in [0.15, 0.2) is 73.3 Å². The highest BCUT2D eigenvalue weighted by Crippen LogP contribution is 2.31. The number of hydrogen-bond acceptors (Lipinski definition) is 7. The molecule has 0 spiro atoms. The summed E-state index contributed by atoms with van der Waals surface area (Å²) in [5.74, 6) is -2.69. The highest BCUT2D eigenvalue weighted by Gasteiger charge is 2.20. The SMILES string of the molecule is N#Cc1ccc(N(Cc2c(F)cc(OS(N)(=O)=O)cc2F)n2cnnc2)cc1-c1ccccc1. The smallest absolute Gasteiger partial charge is 0.371 e. The molecule has 1 aromatic heterocycles. The van der Waals surface area contributed by atoms with Gasteiger partial charge in [-0.2, -0.15) is 18.8 Å². The number of nitrogens with two attached hydrogens (primary N) is 1. The van der Waals surface area contributed by atoms with Crippen LogP contribution in [0.1, 0.15) is 11.1 Å². The van der Waals surface area contributed by atoms with Crippen LogP contribution < -0.4 is 14.3 Å². The van der Waals surface area contributed by atoms with Crippen molar-refractivity contribution < 1.29 is 21.4 Å². The van der Waals surface area contributed by atoms with Crippen LogP contribution in [0.25, 0.3) is 11.1 Å². The van der Waals surface area contributed by atoms with Crippen molar-refractivity contribution in [2.24, 2.45) is 5.14 Å². The molecule has 0 aliphatic heterocycles. The van der Waals surface area contributed by atoms with E-state index in [1.807, 2.05) is 30.3 Å². The van der Waals surface area contributed by atoms with E-state index in [2.05, 4.69) is 20.4 Å². The first kappa shape index (κ1) is 22.8. The fourth-order valence-electron chi connectivity index (χ4n) is 3.34. The average molecular weight is 482 g/mol. The van der Waals surface area contributed by atoms with Crippen molar-refractivity contribution >= 4 is 16.0 Å². The zero-order valence-corrected chi connectivity index (χ0v) is 18.2. The topological polar surface area (TPSA) is 127 Å². The largest absolute Gasteiger partial charge is 0.380 e. The van der Waals surface area contributed by atoms with Crippen LogP contribution in [0.4, 0.5) is 14.5 Å². The van der Waals surface area contributed by atoms with Crippen LogP contribution in [0, 0.1) is 23.0 Å². The number of hydrogen-bond donors (Lipinski definition) is 1. The molecular weight excluding hydrogens is 466 g/mol. The van der Waals surface area contributed by atoms with Gasteiger partial charge in [-0.1, -0.05) is 30.3 Å². The van der Waals surface area contributed by atoms with Crippen LogP contribution in [-0.2, 0) is 16.8 Å². The summed E-state index contributed by atoms with van der Waals surface area (Å²) in [4.78, 5) is 0. The predicted molar refractivity (Wildman–Crippen MR) is 118 cm³/mol. The molecule has 4 rings (SSSR count). The first-order valence-electron chi connectivity index (χ1n) is 9.67. The Balaban J connectivity index is 1.78. The van der Waals surface area contributed by atoms with Gasteiger partial charge < -0.3 is 4.18 Å². The van der Waals surface area contributed by atoms with Gasteiger partial charge in [-0.3, -0.25) is 5.01 Å². The van der Waals surface area contributed by atoms with Crippen molar-refractivity contribution in [3.8, 4) is 22.9 Å². The van der Waals surface area contributed by atoms with Crippen LogP contribution in [0.2, 0.25) is 0 Å². The second-order valence-electron chi connectivity index (χ2n) is 7.05. The molecule has 0 amide bonds. The maximum absolute atomic E-state index is 14.8. The summed E-state index contributed by atoms with van der Waals surface area (Å²) in [7, 11) is -4.45. The Morgan fingerprint density at radius 1 is 1.03 bits per heavy atom. The van der Waals surface area contributed by atoms with E-state index in [4.69, 9.17) is 5.14 Å². The Morgan fingerprint density at radius 3 is 2.26 bits per heavy atom. The van der Waals surface area contributed by atoms with Crippen molar-refractivity contribution in [1.29, 1.82) is 5.26 Å². The standard InChI is InChI=1S/C22H16F2N6O3S/c23-21-9-18(33-34(26,31)32)10-22(24)20(21)12-30(29-13-27-28-14-29)17-7-6-16(11-25)19(8-17)15-4-2-1-3-5-15/h1-10,13-14H,12H2,(H2,26,31,32). The third kappa shape index (κ3) is 5.01. The van der Waals surface area contributed by atoms with Crippen molar-refractivity contribution in [1.82, 2.24) is 14.9 Å². The lowest BCUT2D eigenvalue weighted by Gasteiger charge is -2.26. The normalized spacial score (nSPS) is 11.1. The number of nitrogens with zero attached hydrogens (tertiary/aromatic N) is 5. The molecule has 0 bridgehead atoms. The average Bonchev–Trinajstić information content (AvgIpc) is 3.32. The second kappa shape index (κ2) is 9.26. The van der Waals surface area contributed by atoms with E-state index in [-0.39, 0.29) is 12.1 Å². The maximum Gasteiger partial charge on any atom is 0.380 e. The molecule has 1 heterocycles. The highest BCUT2D eigenvalue weighted by molar-refractivity contribution is 7.84. The van der Waals surface area contributed by atoms with Gasteiger partial charge in [0.25, 0.3) is 0 Å². The summed E-state index contributed by atoms with van der Waals surface area (Å²) >= 11 is 0. The molecule has 3 aromatic carbocycles. The van der Waals surface area contributed by atoms with E-state index in [1.54, 1.807) is 18.2 Å². The number of anilines is 1. The fraction of sp³-hybridized carbons (Fsp3) is 0.0455. The van der Waals surface area contributed by atoms with Crippen molar-refractivity contribution in [3.05, 3.63) is 96.1 Å². The molecule has 2 N–H and O–H groups in total. The second-order valence-corrected chi connectivity index (χ2v) is 8.20. The zero-order chi connectivity index (χ0) is 24.3. The highest BCUT2D eigenvalue weighted by atomic mass is 32.2. The summed E-state index contributed by atoms with van der Waals surface area (Å²) in [5, 5.41) is 23.3. The molecule has 0 atom stereocenters. The first-order chi connectivity index (χ1) is 16.2. The summed E-state index contributed by atoms with van der Waals surface area (Å²) in [6, 6.07) is 17.7. The van der Waals surface area contributed by atoms with Gasteiger partial charge in [0.05, 0.1) is 23.9 Å². The van der Waals surface area contributed by atoms with Gasteiger partial charge in [-0.05, 0) is 23.8 Å². The lowest BCUT2D eigenvalue weighted by Crippen LogP contribution is -2.29. The van der Waals surface area contributed by atoms with E-state index in [9.17, 15) is 22.5 Å². The van der Waals surface area contributed by atoms with Gasteiger partial charge >= 0.3 is 10.3 Å². The molecule has 4 aromatic rings. The van der Waals surface area contributed by atoms with E-state index >= 15 is 0 Å². The predicted octanol–water partition coefficient (Wildman–Crippen LogP) is 3.15. The third-order valence-corrected chi connectivity index (χ3v) is 5.25. The molecule has 0 saturated heterocycles. The van der Waals surface area contributed by atoms with Gasteiger partial charge in [0, 0.05) is 23.3 Å². The number of halogens is 2. The van der Waals surface area contributed by atoms with Gasteiger partial charge in [0.1, 0.15) is 30.0 Å². The fourth-order valence-corrected chi connectivity index (χ4v) is 3.70. The van der Waals surface area contributed by atoms with E-state index < -0.39 is 27.7 Å². The molecule has 0 aliphatic rings. The van der Waals surface area contributed by atoms with E-state index in [1.165, 1.54) is 22.3 Å². The number of nitriles is 1. The quantitative estimate of drug-likeness (QED) is 0.429. The Bertz CT molecular complexity index is 1450. The minimum Gasteiger partial charge on any atom is -0.371 e. The molecule has 172 valence electrons. The van der Waals surface area contributed by atoms with E-state index in [0.29, 0.717) is 16.8 Å². The van der Waals surface area contributed by atoms with Crippen molar-refractivity contribution in [3.63, 3.8) is 0 Å². The van der Waals surface area contributed by atoms with Crippen LogP contribution >= 0.6 is 0 Å². The molecule has 0 fully saturated rings. The Morgan fingerprint density at radius 2 is 1.68 bits per heavy atom. The molecule has 12 heteroatoms. The molecule has 9 nitrogen and oxygen atoms in total. The minimum absolute atomic E-state index is 0.328. The Hall–Kier alpha value is -4.34. The number of aromatic nitrogens is 3. The molecule has 0 unspecified atom stereocenters. The molecule has 0 saturated carbocycles. The summed E-state index contributed by atoms with van der Waals surface area (Å²) in [5.41, 5.74) is 1.94. The summed E-state index contributed by atoms with van der Waals surface area (Å²) in [6.45, 7) is -0.328. The summed E-state index contributed by atoms with van der Waals surface area (Å²) < 4.78 is 57.6. The molecular formula is C22H16F2N6O3S. The Kier molecular flexibility index (Phi) is 6.22. The van der Waals surface area contributed by atoms with Crippen LogP contribution in [0.5, 0.6) is 5.75 Å². The number of benzene rings is 3. The van der Waals surface area contributed by atoms with Crippen molar-refractivity contribution in [2.45, 2.75) is 6.54 Å². The monoisotopic (exact) mass is 482 g/mol. The van der Waals surface area contributed by atoms with Crippen LogP contribution in [0.3, 0.4) is 0 Å². The van der Waals surface area contributed by atoms with Gasteiger partial charge in [-0.15, -0.1) is 10.2 Å². The number of rotatable bonds is 7. The zero-order valence-electron chi connectivity index (χ0n) is 17.3.